The molecule has 1 atom stereocenters. The number of hydrogen-bond acceptors (Lipinski definition) is 5. The number of carboxylic acids is 1. The number of rotatable bonds is 6. The van der Waals surface area contributed by atoms with Gasteiger partial charge in [0, 0.05) is 7.11 Å². The van der Waals surface area contributed by atoms with Crippen LogP contribution >= 0.6 is 0 Å². The summed E-state index contributed by atoms with van der Waals surface area (Å²) < 4.78 is 18.3. The third kappa shape index (κ3) is 3.31. The molecule has 1 aromatic rings. The van der Waals surface area contributed by atoms with Gasteiger partial charge in [-0.1, -0.05) is 0 Å². The molecule has 0 heterocycles. The van der Waals surface area contributed by atoms with E-state index >= 15 is 0 Å². The summed E-state index contributed by atoms with van der Waals surface area (Å²) in [4.78, 5) is 10.7. The van der Waals surface area contributed by atoms with Crippen molar-refractivity contribution in [1.29, 1.82) is 0 Å². The molecule has 18 heavy (non-hydrogen) atoms. The average molecular weight is 258 g/mol. The largest absolute Gasteiger partial charge is 0.478 e. The van der Waals surface area contributed by atoms with Gasteiger partial charge in [-0.15, -0.1) is 0 Å². The number of ether oxygens (including phenoxy) is 1. The SMILES string of the molecule is COCC(CO)Nc1cc(F)c(C(=O)O)cc1N. The number of carboxylic acid groups (broad SMARTS) is 1. The van der Waals surface area contributed by atoms with Crippen molar-refractivity contribution in [2.45, 2.75) is 6.04 Å². The maximum absolute atomic E-state index is 13.5. The zero-order valence-corrected chi connectivity index (χ0v) is 9.81. The highest BCUT2D eigenvalue weighted by atomic mass is 19.1. The molecule has 0 spiro atoms. The lowest BCUT2D eigenvalue weighted by Crippen LogP contribution is -2.29. The van der Waals surface area contributed by atoms with E-state index in [4.69, 9.17) is 20.7 Å². The summed E-state index contributed by atoms with van der Waals surface area (Å²) in [6, 6.07) is 1.56. The standard InChI is InChI=1S/C11H15FN2O4/c1-18-5-6(4-15)14-10-3-8(12)7(11(16)17)2-9(10)13/h2-3,6,14-15H,4-5,13H2,1H3,(H,16,17). The van der Waals surface area contributed by atoms with Crippen LogP contribution in [0.5, 0.6) is 0 Å². The van der Waals surface area contributed by atoms with Gasteiger partial charge in [0.25, 0.3) is 0 Å². The van der Waals surface area contributed by atoms with E-state index in [0.717, 1.165) is 12.1 Å². The van der Waals surface area contributed by atoms with Crippen molar-refractivity contribution in [2.75, 3.05) is 31.4 Å². The van der Waals surface area contributed by atoms with E-state index in [1.54, 1.807) is 0 Å². The lowest BCUT2D eigenvalue weighted by Gasteiger charge is -2.18. The van der Waals surface area contributed by atoms with E-state index in [1.807, 2.05) is 0 Å². The fourth-order valence-corrected chi connectivity index (χ4v) is 1.44. The van der Waals surface area contributed by atoms with E-state index in [2.05, 4.69) is 5.32 Å². The topological polar surface area (TPSA) is 105 Å². The first-order valence-electron chi connectivity index (χ1n) is 5.18. The first kappa shape index (κ1) is 14.2. The van der Waals surface area contributed by atoms with Crippen LogP contribution in [0.3, 0.4) is 0 Å². The van der Waals surface area contributed by atoms with Crippen molar-refractivity contribution in [3.63, 3.8) is 0 Å². The second kappa shape index (κ2) is 6.18. The second-order valence-electron chi connectivity index (χ2n) is 3.70. The van der Waals surface area contributed by atoms with Crippen LogP contribution in [0, 0.1) is 5.82 Å². The molecule has 5 N–H and O–H groups in total. The number of nitrogen functional groups attached to an aromatic ring is 1. The number of methoxy groups -OCH3 is 1. The summed E-state index contributed by atoms with van der Waals surface area (Å²) >= 11 is 0. The molecule has 1 unspecified atom stereocenters. The minimum Gasteiger partial charge on any atom is -0.478 e. The van der Waals surface area contributed by atoms with Crippen LogP contribution < -0.4 is 11.1 Å². The third-order valence-electron chi connectivity index (χ3n) is 2.32. The molecule has 0 radical (unpaired) electrons. The quantitative estimate of drug-likeness (QED) is 0.555. The maximum Gasteiger partial charge on any atom is 0.338 e. The summed E-state index contributed by atoms with van der Waals surface area (Å²) in [6.45, 7) is -0.0200. The third-order valence-corrected chi connectivity index (χ3v) is 2.32. The van der Waals surface area contributed by atoms with Gasteiger partial charge in [-0.05, 0) is 12.1 Å². The monoisotopic (exact) mass is 258 g/mol. The minimum atomic E-state index is -1.39. The van der Waals surface area contributed by atoms with Crippen LogP contribution in [0.25, 0.3) is 0 Å². The highest BCUT2D eigenvalue weighted by molar-refractivity contribution is 5.90. The average Bonchev–Trinajstić information content (AvgIpc) is 2.32. The van der Waals surface area contributed by atoms with E-state index in [9.17, 15) is 9.18 Å². The zero-order chi connectivity index (χ0) is 13.7. The molecule has 7 heteroatoms. The van der Waals surface area contributed by atoms with Gasteiger partial charge in [0.05, 0.1) is 36.2 Å². The normalized spacial score (nSPS) is 12.2. The Bertz CT molecular complexity index is 439. The molecule has 0 aromatic heterocycles. The summed E-state index contributed by atoms with van der Waals surface area (Å²) in [5.41, 5.74) is 5.42. The fourth-order valence-electron chi connectivity index (χ4n) is 1.44. The predicted molar refractivity (Wildman–Crippen MR) is 64.1 cm³/mol. The maximum atomic E-state index is 13.5. The summed E-state index contributed by atoms with van der Waals surface area (Å²) in [5.74, 6) is -2.28. The molecular formula is C11H15FN2O4. The second-order valence-corrected chi connectivity index (χ2v) is 3.70. The van der Waals surface area contributed by atoms with Gasteiger partial charge in [0.2, 0.25) is 0 Å². The van der Waals surface area contributed by atoms with Gasteiger partial charge in [-0.25, -0.2) is 9.18 Å². The molecule has 0 aliphatic rings. The Kier molecular flexibility index (Phi) is 4.87. The van der Waals surface area contributed by atoms with Gasteiger partial charge in [-0.3, -0.25) is 0 Å². The lowest BCUT2D eigenvalue weighted by molar-refractivity contribution is 0.0692. The number of aliphatic hydroxyl groups is 1. The molecule has 6 nitrogen and oxygen atoms in total. The van der Waals surface area contributed by atoms with Crippen LogP contribution in [0.1, 0.15) is 10.4 Å². The van der Waals surface area contributed by atoms with Crippen molar-refractivity contribution in [2.24, 2.45) is 0 Å². The van der Waals surface area contributed by atoms with E-state index in [-0.39, 0.29) is 24.6 Å². The van der Waals surface area contributed by atoms with Gasteiger partial charge in [0.15, 0.2) is 0 Å². The van der Waals surface area contributed by atoms with Gasteiger partial charge >= 0.3 is 5.97 Å². The lowest BCUT2D eigenvalue weighted by atomic mass is 10.1. The molecule has 0 aliphatic heterocycles. The van der Waals surface area contributed by atoms with Crippen LogP contribution in [-0.2, 0) is 4.74 Å². The van der Waals surface area contributed by atoms with Crippen LogP contribution in [0.15, 0.2) is 12.1 Å². The molecule has 0 saturated heterocycles. The van der Waals surface area contributed by atoms with Crippen LogP contribution in [0.2, 0.25) is 0 Å². The van der Waals surface area contributed by atoms with E-state index in [1.165, 1.54) is 7.11 Å². The zero-order valence-electron chi connectivity index (χ0n) is 9.81. The molecule has 1 aromatic carbocycles. The van der Waals surface area contributed by atoms with Crippen molar-refractivity contribution < 1.29 is 24.1 Å². The number of aliphatic hydroxyl groups excluding tert-OH is 1. The van der Waals surface area contributed by atoms with Crippen molar-refractivity contribution in [3.05, 3.63) is 23.5 Å². The summed E-state index contributed by atoms with van der Waals surface area (Å²) in [6.07, 6.45) is 0. The number of benzene rings is 1. The van der Waals surface area contributed by atoms with Gasteiger partial charge < -0.3 is 26.0 Å². The Morgan fingerprint density at radius 2 is 2.28 bits per heavy atom. The summed E-state index contributed by atoms with van der Waals surface area (Å²) in [5, 5.41) is 20.5. The number of anilines is 2. The number of halogens is 1. The summed E-state index contributed by atoms with van der Waals surface area (Å²) in [7, 11) is 1.46. The molecule has 0 bridgehead atoms. The number of hydrogen-bond donors (Lipinski definition) is 4. The Morgan fingerprint density at radius 1 is 1.61 bits per heavy atom. The molecule has 0 amide bonds. The minimum absolute atomic E-state index is 0.0864. The first-order chi connectivity index (χ1) is 8.49. The molecule has 0 saturated carbocycles. The van der Waals surface area contributed by atoms with Crippen molar-refractivity contribution >= 4 is 17.3 Å². The van der Waals surface area contributed by atoms with E-state index < -0.39 is 23.4 Å². The Hall–Kier alpha value is -1.86. The molecule has 0 aliphatic carbocycles. The van der Waals surface area contributed by atoms with Gasteiger partial charge in [-0.2, -0.15) is 0 Å². The fraction of sp³-hybridized carbons (Fsp3) is 0.364. The smallest absolute Gasteiger partial charge is 0.338 e. The van der Waals surface area contributed by atoms with E-state index in [0.29, 0.717) is 0 Å². The van der Waals surface area contributed by atoms with Crippen molar-refractivity contribution in [1.82, 2.24) is 0 Å². The molecule has 1 rings (SSSR count). The highest BCUT2D eigenvalue weighted by Gasteiger charge is 2.15. The number of nitrogens with one attached hydrogen (secondary N) is 1. The number of aromatic carboxylic acids is 1. The van der Waals surface area contributed by atoms with Crippen LogP contribution in [-0.4, -0.2) is 42.5 Å². The Balaban J connectivity index is 2.97. The first-order valence-corrected chi connectivity index (χ1v) is 5.18. The van der Waals surface area contributed by atoms with Gasteiger partial charge in [0.1, 0.15) is 5.82 Å². The Labute approximate surface area is 103 Å². The van der Waals surface area contributed by atoms with Crippen LogP contribution in [0.4, 0.5) is 15.8 Å². The van der Waals surface area contributed by atoms with Crippen molar-refractivity contribution in [3.8, 4) is 0 Å². The Morgan fingerprint density at radius 3 is 2.78 bits per heavy atom. The number of carbonyl (C=O) groups is 1. The number of nitrogens with two attached hydrogens (primary N) is 1. The molecule has 0 fully saturated rings. The molecule has 100 valence electrons. The predicted octanol–water partition coefficient (Wildman–Crippen LogP) is 0.525. The highest BCUT2D eigenvalue weighted by Crippen LogP contribution is 2.23. The molecular weight excluding hydrogens is 243 g/mol.